The zero-order chi connectivity index (χ0) is 18.1. The van der Waals surface area contributed by atoms with Gasteiger partial charge in [0.15, 0.2) is 0 Å². The van der Waals surface area contributed by atoms with E-state index in [0.29, 0.717) is 0 Å². The van der Waals surface area contributed by atoms with Gasteiger partial charge in [0.05, 0.1) is 6.04 Å². The Hall–Kier alpha value is -1.84. The highest BCUT2D eigenvalue weighted by Gasteiger charge is 2.51. The van der Waals surface area contributed by atoms with Gasteiger partial charge in [-0.05, 0) is 68.8 Å². The van der Waals surface area contributed by atoms with Gasteiger partial charge in [-0.2, -0.15) is 0 Å². The summed E-state index contributed by atoms with van der Waals surface area (Å²) in [6, 6.07) is 9.88. The molecule has 1 aromatic rings. The first-order valence-electron chi connectivity index (χ1n) is 10.2. The Balaban J connectivity index is 1.25. The third kappa shape index (κ3) is 3.79. The number of benzene rings is 1. The van der Waals surface area contributed by atoms with Crippen LogP contribution in [-0.2, 0) is 9.59 Å². The van der Waals surface area contributed by atoms with E-state index in [0.717, 1.165) is 42.6 Å². The molecule has 4 nitrogen and oxygen atoms in total. The van der Waals surface area contributed by atoms with Crippen molar-refractivity contribution in [3.63, 3.8) is 0 Å². The van der Waals surface area contributed by atoms with Crippen molar-refractivity contribution in [2.45, 2.75) is 69.9 Å². The van der Waals surface area contributed by atoms with Crippen molar-refractivity contribution in [1.29, 1.82) is 0 Å². The summed E-state index contributed by atoms with van der Waals surface area (Å²) in [5.41, 5.74) is 1.12. The molecule has 0 aromatic heterocycles. The monoisotopic (exact) mass is 354 g/mol. The smallest absolute Gasteiger partial charge is 0.220 e. The van der Waals surface area contributed by atoms with Gasteiger partial charge in [0.2, 0.25) is 11.8 Å². The Bertz CT molecular complexity index is 635. The molecule has 26 heavy (non-hydrogen) atoms. The van der Waals surface area contributed by atoms with E-state index in [-0.39, 0.29) is 36.2 Å². The lowest BCUT2D eigenvalue weighted by molar-refractivity contribution is -0.130. The first-order valence-corrected chi connectivity index (χ1v) is 10.2. The Morgan fingerprint density at radius 3 is 2.08 bits per heavy atom. The average molecular weight is 354 g/mol. The molecule has 5 rings (SSSR count). The zero-order valence-electron chi connectivity index (χ0n) is 15.7. The Labute approximate surface area is 156 Å². The fraction of sp³-hybridized carbons (Fsp3) is 0.636. The van der Waals surface area contributed by atoms with Gasteiger partial charge >= 0.3 is 0 Å². The van der Waals surface area contributed by atoms with Gasteiger partial charge in [-0.3, -0.25) is 9.59 Å². The third-order valence-corrected chi connectivity index (χ3v) is 6.70. The second-order valence-electron chi connectivity index (χ2n) is 8.95. The predicted octanol–water partition coefficient (Wildman–Crippen LogP) is 3.73. The van der Waals surface area contributed by atoms with E-state index in [1.165, 1.54) is 19.3 Å². The first-order chi connectivity index (χ1) is 12.5. The fourth-order valence-electron chi connectivity index (χ4n) is 5.99. The quantitative estimate of drug-likeness (QED) is 0.818. The van der Waals surface area contributed by atoms with E-state index in [1.54, 1.807) is 0 Å². The molecule has 140 valence electrons. The van der Waals surface area contributed by atoms with Crippen LogP contribution in [0.15, 0.2) is 30.3 Å². The maximum Gasteiger partial charge on any atom is 0.220 e. The van der Waals surface area contributed by atoms with Crippen molar-refractivity contribution in [2.24, 2.45) is 17.8 Å². The van der Waals surface area contributed by atoms with Gasteiger partial charge in [-0.1, -0.05) is 30.3 Å². The van der Waals surface area contributed by atoms with Crippen LogP contribution in [0, 0.1) is 17.8 Å². The highest BCUT2D eigenvalue weighted by Crippen LogP contribution is 2.55. The summed E-state index contributed by atoms with van der Waals surface area (Å²) >= 11 is 0. The molecule has 4 aliphatic carbocycles. The van der Waals surface area contributed by atoms with Crippen LogP contribution < -0.4 is 10.6 Å². The summed E-state index contributed by atoms with van der Waals surface area (Å²) in [5, 5.41) is 6.34. The normalized spacial score (nSPS) is 32.9. The standard InChI is InChI=1S/C22H30N2O2/c1-15(19-5-3-2-4-6-19)23-20(25)7-8-21(26)24-22-12-16-9-17(13-22)11-18(10-16)14-22/h2-6,15-18H,7-14H2,1H3,(H,23,25)(H,24,26). The van der Waals surface area contributed by atoms with Gasteiger partial charge in [-0.15, -0.1) is 0 Å². The minimum atomic E-state index is -0.0537. The SMILES string of the molecule is CC(NC(=O)CCC(=O)NC12CC3CC(CC(C3)C1)C2)c1ccccc1. The summed E-state index contributed by atoms with van der Waals surface area (Å²) in [5.74, 6) is 2.45. The molecule has 4 saturated carbocycles. The largest absolute Gasteiger partial charge is 0.351 e. The molecular formula is C22H30N2O2. The van der Waals surface area contributed by atoms with Crippen LogP contribution in [0.4, 0.5) is 0 Å². The molecule has 4 fully saturated rings. The van der Waals surface area contributed by atoms with E-state index >= 15 is 0 Å². The number of carbonyl (C=O) groups excluding carboxylic acids is 2. The molecular weight excluding hydrogens is 324 g/mol. The lowest BCUT2D eigenvalue weighted by Gasteiger charge is -2.56. The third-order valence-electron chi connectivity index (χ3n) is 6.70. The number of hydrogen-bond acceptors (Lipinski definition) is 2. The van der Waals surface area contributed by atoms with Crippen LogP contribution in [0.3, 0.4) is 0 Å². The van der Waals surface area contributed by atoms with Crippen molar-refractivity contribution in [3.05, 3.63) is 35.9 Å². The number of carbonyl (C=O) groups is 2. The molecule has 2 N–H and O–H groups in total. The van der Waals surface area contributed by atoms with Crippen molar-refractivity contribution in [2.75, 3.05) is 0 Å². The predicted molar refractivity (Wildman–Crippen MR) is 101 cm³/mol. The maximum absolute atomic E-state index is 12.5. The van der Waals surface area contributed by atoms with E-state index < -0.39 is 0 Å². The van der Waals surface area contributed by atoms with Crippen LogP contribution in [0.1, 0.15) is 69.9 Å². The van der Waals surface area contributed by atoms with E-state index in [1.807, 2.05) is 37.3 Å². The summed E-state index contributed by atoms with van der Waals surface area (Å²) < 4.78 is 0. The second kappa shape index (κ2) is 7.05. The molecule has 1 atom stereocenters. The number of hydrogen-bond donors (Lipinski definition) is 2. The van der Waals surface area contributed by atoms with Crippen LogP contribution >= 0.6 is 0 Å². The molecule has 4 bridgehead atoms. The molecule has 0 spiro atoms. The summed E-state index contributed by atoms with van der Waals surface area (Å²) in [6.45, 7) is 1.97. The second-order valence-corrected chi connectivity index (χ2v) is 8.95. The molecule has 0 saturated heterocycles. The van der Waals surface area contributed by atoms with E-state index in [4.69, 9.17) is 0 Å². The van der Waals surface area contributed by atoms with Crippen molar-refractivity contribution in [1.82, 2.24) is 10.6 Å². The van der Waals surface area contributed by atoms with E-state index in [9.17, 15) is 9.59 Å². The lowest BCUT2D eigenvalue weighted by atomic mass is 9.53. The minimum absolute atomic E-state index is 0.0325. The van der Waals surface area contributed by atoms with Gasteiger partial charge in [-0.25, -0.2) is 0 Å². The first kappa shape index (κ1) is 17.6. The zero-order valence-corrected chi connectivity index (χ0v) is 15.7. The van der Waals surface area contributed by atoms with Crippen LogP contribution in [-0.4, -0.2) is 17.4 Å². The molecule has 0 aliphatic heterocycles. The van der Waals surface area contributed by atoms with Gasteiger partial charge in [0, 0.05) is 18.4 Å². The molecule has 1 unspecified atom stereocenters. The molecule has 0 radical (unpaired) electrons. The summed E-state index contributed by atoms with van der Waals surface area (Å²) in [4.78, 5) is 24.7. The molecule has 1 aromatic carbocycles. The number of amides is 2. The van der Waals surface area contributed by atoms with Crippen LogP contribution in [0.5, 0.6) is 0 Å². The molecule has 2 amide bonds. The summed E-state index contributed by atoms with van der Waals surface area (Å²) in [7, 11) is 0. The molecule has 0 heterocycles. The average Bonchev–Trinajstić information content (AvgIpc) is 2.59. The topological polar surface area (TPSA) is 58.2 Å². The van der Waals surface area contributed by atoms with Gasteiger partial charge < -0.3 is 10.6 Å². The highest BCUT2D eigenvalue weighted by atomic mass is 16.2. The van der Waals surface area contributed by atoms with Gasteiger partial charge in [0.1, 0.15) is 0 Å². The Morgan fingerprint density at radius 1 is 0.962 bits per heavy atom. The Morgan fingerprint density at radius 2 is 1.50 bits per heavy atom. The van der Waals surface area contributed by atoms with Crippen molar-refractivity contribution < 1.29 is 9.59 Å². The Kier molecular flexibility index (Phi) is 4.76. The fourth-order valence-corrected chi connectivity index (χ4v) is 5.99. The minimum Gasteiger partial charge on any atom is -0.351 e. The number of rotatable bonds is 6. The number of nitrogens with one attached hydrogen (secondary N) is 2. The van der Waals surface area contributed by atoms with Gasteiger partial charge in [0.25, 0.3) is 0 Å². The summed E-state index contributed by atoms with van der Waals surface area (Å²) in [6.07, 6.45) is 8.12. The van der Waals surface area contributed by atoms with Crippen molar-refractivity contribution >= 4 is 11.8 Å². The lowest BCUT2D eigenvalue weighted by Crippen LogP contribution is -2.59. The van der Waals surface area contributed by atoms with Crippen LogP contribution in [0.25, 0.3) is 0 Å². The van der Waals surface area contributed by atoms with Crippen LogP contribution in [0.2, 0.25) is 0 Å². The highest BCUT2D eigenvalue weighted by molar-refractivity contribution is 5.84. The molecule has 4 heteroatoms. The van der Waals surface area contributed by atoms with Crippen molar-refractivity contribution in [3.8, 4) is 0 Å². The van der Waals surface area contributed by atoms with E-state index in [2.05, 4.69) is 10.6 Å². The maximum atomic E-state index is 12.5. The molecule has 4 aliphatic rings.